The summed E-state index contributed by atoms with van der Waals surface area (Å²) >= 11 is 0. The summed E-state index contributed by atoms with van der Waals surface area (Å²) in [6.45, 7) is 0. The summed E-state index contributed by atoms with van der Waals surface area (Å²) in [5.41, 5.74) is 9.85. The van der Waals surface area contributed by atoms with Gasteiger partial charge in [0, 0.05) is 17.2 Å². The summed E-state index contributed by atoms with van der Waals surface area (Å²) < 4.78 is 0. The van der Waals surface area contributed by atoms with Gasteiger partial charge in [0.15, 0.2) is 0 Å². The van der Waals surface area contributed by atoms with Gasteiger partial charge in [-0.1, -0.05) is 24.3 Å². The number of rotatable bonds is 4. The molecule has 3 rings (SSSR count). The van der Waals surface area contributed by atoms with Crippen molar-refractivity contribution in [3.63, 3.8) is 0 Å². The Labute approximate surface area is 122 Å². The number of carboxylic acid groups (broad SMARTS) is 1. The number of benzene rings is 2. The molecule has 0 unspecified atom stereocenters. The average Bonchev–Trinajstić information content (AvgIpc) is 2.48. The van der Waals surface area contributed by atoms with E-state index in [1.807, 2.05) is 42.5 Å². The highest BCUT2D eigenvalue weighted by molar-refractivity contribution is 6.06. The van der Waals surface area contributed by atoms with Gasteiger partial charge in [0.2, 0.25) is 0 Å². The molecule has 4 nitrogen and oxygen atoms in total. The normalized spacial score (nSPS) is 11.0. The van der Waals surface area contributed by atoms with Crippen LogP contribution in [0, 0.1) is 0 Å². The molecule has 2 aromatic carbocycles. The third-order valence-corrected chi connectivity index (χ3v) is 3.64. The van der Waals surface area contributed by atoms with Crippen molar-refractivity contribution in [3.8, 4) is 0 Å². The van der Waals surface area contributed by atoms with Crippen LogP contribution < -0.4 is 5.73 Å². The molecule has 0 amide bonds. The van der Waals surface area contributed by atoms with E-state index in [0.29, 0.717) is 6.42 Å². The zero-order valence-electron chi connectivity index (χ0n) is 11.5. The van der Waals surface area contributed by atoms with Gasteiger partial charge in [-0.2, -0.15) is 0 Å². The van der Waals surface area contributed by atoms with Crippen LogP contribution in [-0.4, -0.2) is 16.1 Å². The number of carbonyl (C=O) groups is 1. The average molecular weight is 280 g/mol. The highest BCUT2D eigenvalue weighted by Crippen LogP contribution is 2.29. The molecule has 0 fully saturated rings. The van der Waals surface area contributed by atoms with E-state index in [-0.39, 0.29) is 6.42 Å². The van der Waals surface area contributed by atoms with Crippen LogP contribution in [0.2, 0.25) is 0 Å². The molecule has 1 heterocycles. The number of pyridine rings is 1. The maximum absolute atomic E-state index is 10.6. The first-order chi connectivity index (χ1) is 10.1. The molecule has 0 aliphatic heterocycles. The number of para-hydroxylation sites is 1. The monoisotopic (exact) mass is 280 g/mol. The minimum atomic E-state index is -0.761. The number of nitrogens with zero attached hydrogens (tertiary/aromatic N) is 1. The standard InChI is InChI=1S/C17H16N2O2/c18-17-12-5-1-2-6-14(12)19-15-9-8-11(10-13(15)17)4-3-7-16(20)21/h1-2,5-6,8-10H,3-4,7H2,(H2,18,19)(H,20,21). The van der Waals surface area contributed by atoms with E-state index in [4.69, 9.17) is 10.8 Å². The van der Waals surface area contributed by atoms with E-state index in [1.54, 1.807) is 0 Å². The zero-order valence-corrected chi connectivity index (χ0v) is 11.5. The van der Waals surface area contributed by atoms with E-state index >= 15 is 0 Å². The van der Waals surface area contributed by atoms with Crippen LogP contribution in [0.15, 0.2) is 42.5 Å². The predicted octanol–water partition coefficient (Wildman–Crippen LogP) is 3.38. The summed E-state index contributed by atoms with van der Waals surface area (Å²) in [7, 11) is 0. The second-order valence-corrected chi connectivity index (χ2v) is 5.14. The summed E-state index contributed by atoms with van der Waals surface area (Å²) in [6, 6.07) is 13.8. The van der Waals surface area contributed by atoms with Crippen LogP contribution in [0.3, 0.4) is 0 Å². The van der Waals surface area contributed by atoms with Crippen LogP contribution >= 0.6 is 0 Å². The lowest BCUT2D eigenvalue weighted by atomic mass is 10.0. The lowest BCUT2D eigenvalue weighted by Crippen LogP contribution is -1.97. The van der Waals surface area contributed by atoms with E-state index in [2.05, 4.69) is 4.98 Å². The molecule has 0 saturated heterocycles. The largest absolute Gasteiger partial charge is 0.481 e. The van der Waals surface area contributed by atoms with E-state index < -0.39 is 5.97 Å². The number of hydrogen-bond donors (Lipinski definition) is 2. The molecular weight excluding hydrogens is 264 g/mol. The van der Waals surface area contributed by atoms with Crippen molar-refractivity contribution >= 4 is 33.5 Å². The van der Waals surface area contributed by atoms with Gasteiger partial charge in [0.1, 0.15) is 0 Å². The van der Waals surface area contributed by atoms with Crippen molar-refractivity contribution < 1.29 is 9.90 Å². The van der Waals surface area contributed by atoms with Gasteiger partial charge in [0.05, 0.1) is 16.7 Å². The molecule has 0 bridgehead atoms. The van der Waals surface area contributed by atoms with Gasteiger partial charge in [-0.3, -0.25) is 4.79 Å². The van der Waals surface area contributed by atoms with Crippen molar-refractivity contribution in [2.75, 3.05) is 5.73 Å². The smallest absolute Gasteiger partial charge is 0.303 e. The van der Waals surface area contributed by atoms with Gasteiger partial charge < -0.3 is 10.8 Å². The maximum Gasteiger partial charge on any atom is 0.303 e. The third-order valence-electron chi connectivity index (χ3n) is 3.64. The molecular formula is C17H16N2O2. The predicted molar refractivity (Wildman–Crippen MR) is 84.2 cm³/mol. The number of hydrogen-bond acceptors (Lipinski definition) is 3. The van der Waals surface area contributed by atoms with Crippen molar-refractivity contribution in [3.05, 3.63) is 48.0 Å². The molecule has 3 N–H and O–H groups in total. The molecule has 0 saturated carbocycles. The number of fused-ring (bicyclic) bond motifs is 2. The fourth-order valence-corrected chi connectivity index (χ4v) is 2.57. The summed E-state index contributed by atoms with van der Waals surface area (Å²) in [6.07, 6.45) is 1.54. The maximum atomic E-state index is 10.6. The number of nitrogens with two attached hydrogens (primary N) is 1. The molecule has 4 heteroatoms. The van der Waals surface area contributed by atoms with Gasteiger partial charge in [-0.25, -0.2) is 4.98 Å². The van der Waals surface area contributed by atoms with E-state index in [1.165, 1.54) is 0 Å². The fraction of sp³-hybridized carbons (Fsp3) is 0.176. The first-order valence-corrected chi connectivity index (χ1v) is 6.94. The minimum absolute atomic E-state index is 0.184. The molecule has 106 valence electrons. The Morgan fingerprint density at radius 3 is 2.67 bits per heavy atom. The highest BCUT2D eigenvalue weighted by Gasteiger charge is 2.07. The molecule has 0 atom stereocenters. The number of aryl methyl sites for hydroxylation is 1. The lowest BCUT2D eigenvalue weighted by Gasteiger charge is -2.08. The quantitative estimate of drug-likeness (QED) is 0.718. The van der Waals surface area contributed by atoms with Crippen molar-refractivity contribution in [2.24, 2.45) is 0 Å². The molecule has 0 aliphatic carbocycles. The summed E-state index contributed by atoms with van der Waals surface area (Å²) in [5, 5.41) is 10.6. The van der Waals surface area contributed by atoms with Gasteiger partial charge in [0.25, 0.3) is 0 Å². The second-order valence-electron chi connectivity index (χ2n) is 5.14. The second kappa shape index (κ2) is 5.40. The third kappa shape index (κ3) is 2.65. The number of aromatic nitrogens is 1. The van der Waals surface area contributed by atoms with Gasteiger partial charge in [-0.05, 0) is 36.6 Å². The number of nitrogen functional groups attached to an aromatic ring is 1. The molecule has 0 spiro atoms. The molecule has 1 aromatic heterocycles. The summed E-state index contributed by atoms with van der Waals surface area (Å²) in [4.78, 5) is 15.2. The first-order valence-electron chi connectivity index (χ1n) is 6.94. The Morgan fingerprint density at radius 1 is 1.10 bits per heavy atom. The van der Waals surface area contributed by atoms with Crippen LogP contribution in [0.5, 0.6) is 0 Å². The number of aliphatic carboxylic acids is 1. The highest BCUT2D eigenvalue weighted by atomic mass is 16.4. The van der Waals surface area contributed by atoms with Crippen LogP contribution in [-0.2, 0) is 11.2 Å². The molecule has 21 heavy (non-hydrogen) atoms. The lowest BCUT2D eigenvalue weighted by molar-refractivity contribution is -0.137. The minimum Gasteiger partial charge on any atom is -0.481 e. The summed E-state index contributed by atoms with van der Waals surface area (Å²) in [5.74, 6) is -0.761. The Morgan fingerprint density at radius 2 is 1.86 bits per heavy atom. The van der Waals surface area contributed by atoms with E-state index in [9.17, 15) is 4.79 Å². The number of anilines is 1. The van der Waals surface area contributed by atoms with Gasteiger partial charge >= 0.3 is 5.97 Å². The Hall–Kier alpha value is -2.62. The fourth-order valence-electron chi connectivity index (χ4n) is 2.57. The molecule has 3 aromatic rings. The van der Waals surface area contributed by atoms with Gasteiger partial charge in [-0.15, -0.1) is 0 Å². The van der Waals surface area contributed by atoms with Crippen molar-refractivity contribution in [2.45, 2.75) is 19.3 Å². The van der Waals surface area contributed by atoms with Crippen LogP contribution in [0.4, 0.5) is 5.69 Å². The Kier molecular flexibility index (Phi) is 3.44. The van der Waals surface area contributed by atoms with Crippen LogP contribution in [0.1, 0.15) is 18.4 Å². The van der Waals surface area contributed by atoms with Crippen LogP contribution in [0.25, 0.3) is 21.8 Å². The first kappa shape index (κ1) is 13.4. The Bertz CT molecular complexity index is 827. The van der Waals surface area contributed by atoms with Crippen molar-refractivity contribution in [1.29, 1.82) is 0 Å². The number of carboxylic acids is 1. The van der Waals surface area contributed by atoms with Crippen molar-refractivity contribution in [1.82, 2.24) is 4.98 Å². The topological polar surface area (TPSA) is 76.2 Å². The Balaban J connectivity index is 2.02. The molecule has 0 radical (unpaired) electrons. The molecule has 0 aliphatic rings. The SMILES string of the molecule is Nc1c2ccccc2nc2ccc(CCCC(=O)O)cc12. The zero-order chi connectivity index (χ0) is 14.8. The van der Waals surface area contributed by atoms with E-state index in [0.717, 1.165) is 39.5 Å².